The standard InChI is InChI=1S/C10H19N3O/c1-9(8-12)7-10(14)13-6-4-2-3-5-11/h9H,2-4,6-8,12H2,1H3,(H,13,14). The quantitative estimate of drug-likeness (QED) is 0.592. The Morgan fingerprint density at radius 2 is 2.29 bits per heavy atom. The summed E-state index contributed by atoms with van der Waals surface area (Å²) in [5.41, 5.74) is 5.40. The number of nitrogens with one attached hydrogen (secondary N) is 1. The van der Waals surface area contributed by atoms with Crippen LogP contribution in [0.5, 0.6) is 0 Å². The van der Waals surface area contributed by atoms with Gasteiger partial charge >= 0.3 is 0 Å². The number of carbonyl (C=O) groups is 1. The van der Waals surface area contributed by atoms with Gasteiger partial charge in [-0.05, 0) is 25.3 Å². The summed E-state index contributed by atoms with van der Waals surface area (Å²) in [6, 6.07) is 2.07. The van der Waals surface area contributed by atoms with Crippen molar-refractivity contribution >= 4 is 5.91 Å². The molecular formula is C10H19N3O. The number of amides is 1. The van der Waals surface area contributed by atoms with E-state index in [2.05, 4.69) is 11.4 Å². The van der Waals surface area contributed by atoms with Crippen LogP contribution in [0, 0.1) is 17.2 Å². The van der Waals surface area contributed by atoms with Crippen molar-refractivity contribution in [3.63, 3.8) is 0 Å². The first-order chi connectivity index (χ1) is 6.70. The van der Waals surface area contributed by atoms with Crippen LogP contribution in [0.3, 0.4) is 0 Å². The number of carbonyl (C=O) groups excluding carboxylic acids is 1. The van der Waals surface area contributed by atoms with E-state index in [-0.39, 0.29) is 11.8 Å². The third-order valence-electron chi connectivity index (χ3n) is 1.97. The lowest BCUT2D eigenvalue weighted by Crippen LogP contribution is -2.27. The van der Waals surface area contributed by atoms with Gasteiger partial charge in [0.05, 0.1) is 6.07 Å². The predicted molar refractivity (Wildman–Crippen MR) is 55.3 cm³/mol. The summed E-state index contributed by atoms with van der Waals surface area (Å²) in [4.78, 5) is 11.2. The van der Waals surface area contributed by atoms with Crippen molar-refractivity contribution in [2.45, 2.75) is 32.6 Å². The third-order valence-corrected chi connectivity index (χ3v) is 1.97. The normalized spacial score (nSPS) is 11.8. The minimum atomic E-state index is 0.0555. The fraction of sp³-hybridized carbons (Fsp3) is 0.800. The van der Waals surface area contributed by atoms with Crippen molar-refractivity contribution in [3.05, 3.63) is 0 Å². The Morgan fingerprint density at radius 3 is 2.86 bits per heavy atom. The van der Waals surface area contributed by atoms with Crippen molar-refractivity contribution < 1.29 is 4.79 Å². The maximum absolute atomic E-state index is 11.2. The summed E-state index contributed by atoms with van der Waals surface area (Å²) in [5.74, 6) is 0.300. The lowest BCUT2D eigenvalue weighted by molar-refractivity contribution is -0.121. The topological polar surface area (TPSA) is 78.9 Å². The van der Waals surface area contributed by atoms with Gasteiger partial charge in [-0.15, -0.1) is 0 Å². The van der Waals surface area contributed by atoms with E-state index in [0.717, 1.165) is 12.8 Å². The Morgan fingerprint density at radius 1 is 1.57 bits per heavy atom. The first-order valence-electron chi connectivity index (χ1n) is 5.04. The van der Waals surface area contributed by atoms with Crippen molar-refractivity contribution in [1.29, 1.82) is 5.26 Å². The van der Waals surface area contributed by atoms with Crippen molar-refractivity contribution in [1.82, 2.24) is 5.32 Å². The number of rotatable bonds is 7. The van der Waals surface area contributed by atoms with E-state index in [0.29, 0.717) is 25.9 Å². The molecule has 4 nitrogen and oxygen atoms in total. The van der Waals surface area contributed by atoms with Gasteiger partial charge in [0, 0.05) is 19.4 Å². The SMILES string of the molecule is CC(CN)CC(=O)NCCCCC#N. The van der Waals surface area contributed by atoms with Gasteiger partial charge in [0.2, 0.25) is 5.91 Å². The summed E-state index contributed by atoms with van der Waals surface area (Å²) in [5, 5.41) is 11.1. The van der Waals surface area contributed by atoms with Gasteiger partial charge in [-0.25, -0.2) is 0 Å². The van der Waals surface area contributed by atoms with Crippen LogP contribution in [0.1, 0.15) is 32.6 Å². The summed E-state index contributed by atoms with van der Waals surface area (Å²) in [6.07, 6.45) is 2.78. The van der Waals surface area contributed by atoms with E-state index in [1.807, 2.05) is 6.92 Å². The summed E-state index contributed by atoms with van der Waals surface area (Å²) < 4.78 is 0. The highest BCUT2D eigenvalue weighted by atomic mass is 16.1. The van der Waals surface area contributed by atoms with Crippen molar-refractivity contribution in [2.75, 3.05) is 13.1 Å². The molecule has 0 aliphatic rings. The van der Waals surface area contributed by atoms with Crippen LogP contribution in [0.4, 0.5) is 0 Å². The molecule has 0 radical (unpaired) electrons. The van der Waals surface area contributed by atoms with Gasteiger partial charge < -0.3 is 11.1 Å². The maximum atomic E-state index is 11.2. The average molecular weight is 197 g/mol. The van der Waals surface area contributed by atoms with Crippen LogP contribution in [0.15, 0.2) is 0 Å². The molecule has 0 saturated carbocycles. The third kappa shape index (κ3) is 7.56. The molecule has 0 aromatic rings. The van der Waals surface area contributed by atoms with Gasteiger partial charge in [0.1, 0.15) is 0 Å². The molecule has 0 rings (SSSR count). The van der Waals surface area contributed by atoms with Crippen molar-refractivity contribution in [3.8, 4) is 6.07 Å². The van der Waals surface area contributed by atoms with E-state index < -0.39 is 0 Å². The monoisotopic (exact) mass is 197 g/mol. The number of nitrogens with zero attached hydrogens (tertiary/aromatic N) is 1. The molecule has 0 spiro atoms. The van der Waals surface area contributed by atoms with E-state index in [4.69, 9.17) is 11.0 Å². The molecule has 0 aliphatic carbocycles. The van der Waals surface area contributed by atoms with Crippen LogP contribution >= 0.6 is 0 Å². The first-order valence-corrected chi connectivity index (χ1v) is 5.04. The minimum Gasteiger partial charge on any atom is -0.356 e. The molecule has 3 N–H and O–H groups in total. The van der Waals surface area contributed by atoms with Crippen LogP contribution in [-0.2, 0) is 4.79 Å². The molecule has 14 heavy (non-hydrogen) atoms. The fourth-order valence-corrected chi connectivity index (χ4v) is 1.03. The summed E-state index contributed by atoms with van der Waals surface area (Å²) in [7, 11) is 0. The molecule has 0 aromatic carbocycles. The first kappa shape index (κ1) is 12.9. The van der Waals surface area contributed by atoms with Crippen LogP contribution in [-0.4, -0.2) is 19.0 Å². The van der Waals surface area contributed by atoms with Gasteiger partial charge in [0.25, 0.3) is 0 Å². The second kappa shape index (κ2) is 8.52. The van der Waals surface area contributed by atoms with Gasteiger partial charge in [0.15, 0.2) is 0 Å². The van der Waals surface area contributed by atoms with Crippen LogP contribution < -0.4 is 11.1 Å². The van der Waals surface area contributed by atoms with E-state index in [1.54, 1.807) is 0 Å². The summed E-state index contributed by atoms with van der Waals surface area (Å²) >= 11 is 0. The smallest absolute Gasteiger partial charge is 0.220 e. The number of nitriles is 1. The Bertz CT molecular complexity index is 198. The number of unbranched alkanes of at least 4 members (excludes halogenated alkanes) is 2. The number of nitrogens with two attached hydrogens (primary N) is 1. The molecule has 0 aliphatic heterocycles. The molecular weight excluding hydrogens is 178 g/mol. The zero-order chi connectivity index (χ0) is 10.8. The molecule has 80 valence electrons. The lowest BCUT2D eigenvalue weighted by atomic mass is 10.1. The summed E-state index contributed by atoms with van der Waals surface area (Å²) in [6.45, 7) is 3.16. The van der Waals surface area contributed by atoms with E-state index in [1.165, 1.54) is 0 Å². The fourth-order valence-electron chi connectivity index (χ4n) is 1.03. The molecule has 0 heterocycles. The van der Waals surface area contributed by atoms with Crippen LogP contribution in [0.25, 0.3) is 0 Å². The second-order valence-electron chi connectivity index (χ2n) is 3.51. The molecule has 0 fully saturated rings. The molecule has 1 unspecified atom stereocenters. The largest absolute Gasteiger partial charge is 0.356 e. The highest BCUT2D eigenvalue weighted by molar-refractivity contribution is 5.76. The Labute approximate surface area is 85.5 Å². The highest BCUT2D eigenvalue weighted by Gasteiger charge is 2.05. The number of hydrogen-bond donors (Lipinski definition) is 2. The number of hydrogen-bond acceptors (Lipinski definition) is 3. The zero-order valence-electron chi connectivity index (χ0n) is 8.75. The Balaban J connectivity index is 3.32. The predicted octanol–water partition coefficient (Wildman–Crippen LogP) is 0.781. The highest BCUT2D eigenvalue weighted by Crippen LogP contribution is 1.98. The van der Waals surface area contributed by atoms with Gasteiger partial charge in [-0.1, -0.05) is 6.92 Å². The molecule has 1 atom stereocenters. The van der Waals surface area contributed by atoms with E-state index in [9.17, 15) is 4.79 Å². The second-order valence-corrected chi connectivity index (χ2v) is 3.51. The maximum Gasteiger partial charge on any atom is 0.220 e. The average Bonchev–Trinajstić information content (AvgIpc) is 2.17. The van der Waals surface area contributed by atoms with Gasteiger partial charge in [-0.2, -0.15) is 5.26 Å². The lowest BCUT2D eigenvalue weighted by Gasteiger charge is -2.08. The molecule has 4 heteroatoms. The Hall–Kier alpha value is -1.08. The molecule has 0 saturated heterocycles. The van der Waals surface area contributed by atoms with Crippen molar-refractivity contribution in [2.24, 2.45) is 11.7 Å². The Kier molecular flexibility index (Phi) is 7.86. The zero-order valence-corrected chi connectivity index (χ0v) is 8.75. The molecule has 0 aromatic heterocycles. The molecule has 0 bridgehead atoms. The van der Waals surface area contributed by atoms with Crippen LogP contribution in [0.2, 0.25) is 0 Å². The minimum absolute atomic E-state index is 0.0555. The van der Waals surface area contributed by atoms with Gasteiger partial charge in [-0.3, -0.25) is 4.79 Å². The van der Waals surface area contributed by atoms with E-state index >= 15 is 0 Å². The molecule has 1 amide bonds.